The molecular weight excluding hydrogens is 502 g/mol. The van der Waals surface area contributed by atoms with Crippen molar-refractivity contribution in [3.8, 4) is 16.8 Å². The molecule has 0 amide bonds. The normalized spacial score (nSPS) is 12.1. The van der Waals surface area contributed by atoms with E-state index in [4.69, 9.17) is 8.83 Å². The van der Waals surface area contributed by atoms with Crippen LogP contribution in [0, 0.1) is 13.8 Å². The molecule has 41 heavy (non-hydrogen) atoms. The molecule has 3 aromatic heterocycles. The van der Waals surface area contributed by atoms with Gasteiger partial charge in [-0.05, 0) is 85.6 Å². The Morgan fingerprint density at radius 3 is 1.90 bits per heavy atom. The van der Waals surface area contributed by atoms with Crippen molar-refractivity contribution in [1.82, 2.24) is 4.57 Å². The van der Waals surface area contributed by atoms with Crippen LogP contribution in [0.3, 0.4) is 0 Å². The summed E-state index contributed by atoms with van der Waals surface area (Å²) in [4.78, 5) is 0. The number of aryl methyl sites for hydroxylation is 2. The molecule has 0 atom stereocenters. The van der Waals surface area contributed by atoms with E-state index in [1.54, 1.807) is 0 Å². The average Bonchev–Trinajstić information content (AvgIpc) is 3.65. The molecule has 0 fully saturated rings. The van der Waals surface area contributed by atoms with Gasteiger partial charge in [0.15, 0.2) is 5.58 Å². The van der Waals surface area contributed by atoms with Gasteiger partial charge >= 0.3 is 0 Å². The Labute approximate surface area is 235 Å². The van der Waals surface area contributed by atoms with Crippen molar-refractivity contribution < 1.29 is 8.83 Å². The Morgan fingerprint density at radius 2 is 1.10 bits per heavy atom. The van der Waals surface area contributed by atoms with Crippen molar-refractivity contribution in [1.29, 1.82) is 0 Å². The number of para-hydroxylation sites is 2. The highest BCUT2D eigenvalue weighted by molar-refractivity contribution is 6.13. The van der Waals surface area contributed by atoms with Crippen molar-refractivity contribution in [3.63, 3.8) is 0 Å². The standard InChI is InChI=1S/C38H25NO2/c1-22-10-15-32-29(18-22)30-19-23(2)11-16-33(30)39(32)34-8-5-7-28-31-20-24(13-17-36(31)41-38(28)34)25-12-14-27-26-6-3-4-9-35(26)40-37(27)21-25/h3-21H,1-2H3. The molecule has 0 unspecified atom stereocenters. The molecule has 3 nitrogen and oxygen atoms in total. The summed E-state index contributed by atoms with van der Waals surface area (Å²) < 4.78 is 15.1. The van der Waals surface area contributed by atoms with Crippen LogP contribution in [0.5, 0.6) is 0 Å². The number of benzene rings is 6. The molecule has 0 aliphatic heterocycles. The van der Waals surface area contributed by atoms with Crippen molar-refractivity contribution in [2.45, 2.75) is 13.8 Å². The monoisotopic (exact) mass is 527 g/mol. The number of rotatable bonds is 2. The van der Waals surface area contributed by atoms with E-state index in [-0.39, 0.29) is 0 Å². The Balaban J connectivity index is 1.27. The van der Waals surface area contributed by atoms with Crippen molar-refractivity contribution in [3.05, 3.63) is 126 Å². The second kappa shape index (κ2) is 8.12. The maximum absolute atomic E-state index is 6.61. The first-order chi connectivity index (χ1) is 20.1. The Kier molecular flexibility index (Phi) is 4.46. The third-order valence-electron chi connectivity index (χ3n) is 8.51. The van der Waals surface area contributed by atoms with Gasteiger partial charge in [-0.15, -0.1) is 0 Å². The van der Waals surface area contributed by atoms with Crippen LogP contribution in [0.2, 0.25) is 0 Å². The number of furan rings is 2. The molecule has 9 rings (SSSR count). The molecule has 0 aliphatic carbocycles. The second-order valence-corrected chi connectivity index (χ2v) is 11.2. The molecule has 194 valence electrons. The van der Waals surface area contributed by atoms with E-state index < -0.39 is 0 Å². The minimum absolute atomic E-state index is 0.883. The fourth-order valence-corrected chi connectivity index (χ4v) is 6.56. The van der Waals surface area contributed by atoms with Crippen LogP contribution in [-0.4, -0.2) is 4.57 Å². The first kappa shape index (κ1) is 22.5. The van der Waals surface area contributed by atoms with Gasteiger partial charge in [0.25, 0.3) is 0 Å². The van der Waals surface area contributed by atoms with Crippen molar-refractivity contribution in [2.75, 3.05) is 0 Å². The van der Waals surface area contributed by atoms with Gasteiger partial charge in [0.05, 0.1) is 16.7 Å². The van der Waals surface area contributed by atoms with Crippen LogP contribution in [0.4, 0.5) is 0 Å². The molecule has 3 heterocycles. The zero-order valence-corrected chi connectivity index (χ0v) is 22.7. The predicted molar refractivity (Wildman–Crippen MR) is 170 cm³/mol. The van der Waals surface area contributed by atoms with Crippen LogP contribution in [0.25, 0.3) is 82.5 Å². The van der Waals surface area contributed by atoms with Crippen LogP contribution in [0.15, 0.2) is 124 Å². The molecular formula is C38H25NO2. The van der Waals surface area contributed by atoms with Gasteiger partial charge in [-0.3, -0.25) is 0 Å². The molecule has 6 aromatic carbocycles. The molecule has 0 N–H and O–H groups in total. The number of hydrogen-bond acceptors (Lipinski definition) is 2. The lowest BCUT2D eigenvalue weighted by Crippen LogP contribution is -1.94. The van der Waals surface area contributed by atoms with Crippen molar-refractivity contribution >= 4 is 65.7 Å². The zero-order valence-electron chi connectivity index (χ0n) is 22.7. The third-order valence-corrected chi connectivity index (χ3v) is 8.51. The Hall–Kier alpha value is -5.28. The Morgan fingerprint density at radius 1 is 0.439 bits per heavy atom. The summed E-state index contributed by atoms with van der Waals surface area (Å²) in [5, 5.41) is 7.03. The summed E-state index contributed by atoms with van der Waals surface area (Å²) in [6.07, 6.45) is 0. The lowest BCUT2D eigenvalue weighted by atomic mass is 10.0. The quantitative estimate of drug-likeness (QED) is 0.224. The van der Waals surface area contributed by atoms with Gasteiger partial charge in [-0.1, -0.05) is 65.7 Å². The minimum Gasteiger partial charge on any atom is -0.456 e. The lowest BCUT2D eigenvalue weighted by Gasteiger charge is -2.08. The third kappa shape index (κ3) is 3.20. The molecule has 0 spiro atoms. The second-order valence-electron chi connectivity index (χ2n) is 11.2. The van der Waals surface area contributed by atoms with Crippen molar-refractivity contribution in [2.24, 2.45) is 0 Å². The van der Waals surface area contributed by atoms with E-state index in [1.807, 2.05) is 12.1 Å². The lowest BCUT2D eigenvalue weighted by molar-refractivity contribution is 0.666. The van der Waals surface area contributed by atoms with E-state index >= 15 is 0 Å². The van der Waals surface area contributed by atoms with E-state index in [1.165, 1.54) is 32.9 Å². The Bertz CT molecular complexity index is 2440. The van der Waals surface area contributed by atoms with Gasteiger partial charge in [0.2, 0.25) is 0 Å². The number of fused-ring (bicyclic) bond motifs is 9. The summed E-state index contributed by atoms with van der Waals surface area (Å²) in [5.74, 6) is 0. The van der Waals surface area contributed by atoms with E-state index in [0.29, 0.717) is 0 Å². The fourth-order valence-electron chi connectivity index (χ4n) is 6.56. The van der Waals surface area contributed by atoms with Crippen LogP contribution in [0.1, 0.15) is 11.1 Å². The maximum atomic E-state index is 6.61. The van der Waals surface area contributed by atoms with E-state index in [0.717, 1.165) is 60.7 Å². The van der Waals surface area contributed by atoms with Crippen LogP contribution >= 0.6 is 0 Å². The summed E-state index contributed by atoms with van der Waals surface area (Å²) in [6.45, 7) is 4.31. The summed E-state index contributed by atoms with van der Waals surface area (Å²) in [7, 11) is 0. The first-order valence-corrected chi connectivity index (χ1v) is 14.0. The molecule has 9 aromatic rings. The maximum Gasteiger partial charge on any atom is 0.159 e. The van der Waals surface area contributed by atoms with Gasteiger partial charge in [-0.25, -0.2) is 0 Å². The minimum atomic E-state index is 0.883. The van der Waals surface area contributed by atoms with Crippen LogP contribution < -0.4 is 0 Å². The highest BCUT2D eigenvalue weighted by Crippen LogP contribution is 2.40. The summed E-state index contributed by atoms with van der Waals surface area (Å²) >= 11 is 0. The predicted octanol–water partition coefficient (Wildman–Crippen LogP) is 10.9. The summed E-state index contributed by atoms with van der Waals surface area (Å²) in [6, 6.07) is 41.1. The molecule has 0 bridgehead atoms. The van der Waals surface area contributed by atoms with Gasteiger partial charge < -0.3 is 13.4 Å². The fraction of sp³-hybridized carbons (Fsp3) is 0.0526. The number of aromatic nitrogens is 1. The summed E-state index contributed by atoms with van der Waals surface area (Å²) in [5.41, 5.74) is 11.8. The molecule has 0 aliphatic rings. The average molecular weight is 528 g/mol. The number of nitrogens with zero attached hydrogens (tertiary/aromatic N) is 1. The van der Waals surface area contributed by atoms with Gasteiger partial charge in [-0.2, -0.15) is 0 Å². The van der Waals surface area contributed by atoms with E-state index in [9.17, 15) is 0 Å². The molecule has 3 heteroatoms. The largest absolute Gasteiger partial charge is 0.456 e. The first-order valence-electron chi connectivity index (χ1n) is 14.0. The SMILES string of the molecule is Cc1ccc2c(c1)c1cc(C)ccc1n2-c1cccc2c1oc1ccc(-c3ccc4c(c3)oc3ccccc34)cc12. The topological polar surface area (TPSA) is 31.2 Å². The van der Waals surface area contributed by atoms with E-state index in [2.05, 4.69) is 122 Å². The zero-order chi connectivity index (χ0) is 27.2. The molecule has 0 saturated heterocycles. The highest BCUT2D eigenvalue weighted by Gasteiger charge is 2.18. The van der Waals surface area contributed by atoms with Gasteiger partial charge in [0.1, 0.15) is 16.7 Å². The highest BCUT2D eigenvalue weighted by atomic mass is 16.3. The molecule has 0 saturated carbocycles. The number of hydrogen-bond donors (Lipinski definition) is 0. The van der Waals surface area contributed by atoms with Gasteiger partial charge in [0, 0.05) is 32.3 Å². The molecule has 0 radical (unpaired) electrons. The van der Waals surface area contributed by atoms with Crippen LogP contribution in [-0.2, 0) is 0 Å². The smallest absolute Gasteiger partial charge is 0.159 e.